The fourth-order valence-corrected chi connectivity index (χ4v) is 3.09. The lowest BCUT2D eigenvalue weighted by Crippen LogP contribution is -2.43. The molecule has 134 valence electrons. The first-order valence-corrected chi connectivity index (χ1v) is 9.10. The van der Waals surface area contributed by atoms with E-state index < -0.39 is 0 Å². The standard InChI is InChI=1S/C19H21Cl2NO3/c1-2-23-16-5-3-4-6-17(16)25-19(18-12-22-9-10-24-18)13-7-8-14(20)15(21)11-13/h3-8,11,18-19,22H,2,9-10,12H2,1H3. The van der Waals surface area contributed by atoms with Gasteiger partial charge in [-0.1, -0.05) is 41.4 Å². The van der Waals surface area contributed by atoms with Gasteiger partial charge in [0.05, 0.1) is 23.3 Å². The number of benzene rings is 2. The van der Waals surface area contributed by atoms with Crippen LogP contribution in [-0.4, -0.2) is 32.4 Å². The second-order valence-corrected chi connectivity index (χ2v) is 6.52. The number of nitrogens with one attached hydrogen (secondary N) is 1. The van der Waals surface area contributed by atoms with Gasteiger partial charge in [0.1, 0.15) is 6.10 Å². The molecule has 1 N–H and O–H groups in total. The summed E-state index contributed by atoms with van der Waals surface area (Å²) in [6.45, 7) is 4.68. The van der Waals surface area contributed by atoms with Crippen LogP contribution in [0.3, 0.4) is 0 Å². The van der Waals surface area contributed by atoms with Crippen molar-refractivity contribution >= 4 is 23.2 Å². The first-order valence-electron chi connectivity index (χ1n) is 8.34. The highest BCUT2D eigenvalue weighted by Crippen LogP contribution is 2.35. The Morgan fingerprint density at radius 3 is 2.64 bits per heavy atom. The molecule has 1 saturated heterocycles. The van der Waals surface area contributed by atoms with Gasteiger partial charge in [0.2, 0.25) is 0 Å². The monoisotopic (exact) mass is 381 g/mol. The molecule has 0 spiro atoms. The fraction of sp³-hybridized carbons (Fsp3) is 0.368. The summed E-state index contributed by atoms with van der Waals surface area (Å²) in [5.41, 5.74) is 0.911. The molecule has 0 bridgehead atoms. The van der Waals surface area contributed by atoms with Gasteiger partial charge in [-0.25, -0.2) is 0 Å². The van der Waals surface area contributed by atoms with Crippen molar-refractivity contribution in [2.24, 2.45) is 0 Å². The van der Waals surface area contributed by atoms with Crippen molar-refractivity contribution in [2.75, 3.05) is 26.3 Å². The topological polar surface area (TPSA) is 39.7 Å². The molecule has 3 rings (SSSR count). The normalized spacial score (nSPS) is 18.6. The summed E-state index contributed by atoms with van der Waals surface area (Å²) >= 11 is 12.3. The number of ether oxygens (including phenoxy) is 3. The number of rotatable bonds is 6. The van der Waals surface area contributed by atoms with Crippen LogP contribution in [0.15, 0.2) is 42.5 Å². The highest BCUT2D eigenvalue weighted by atomic mass is 35.5. The Labute approximate surface area is 158 Å². The average Bonchev–Trinajstić information content (AvgIpc) is 2.64. The van der Waals surface area contributed by atoms with Crippen molar-refractivity contribution < 1.29 is 14.2 Å². The van der Waals surface area contributed by atoms with E-state index in [0.29, 0.717) is 41.3 Å². The SMILES string of the molecule is CCOc1ccccc1OC(c1ccc(Cl)c(Cl)c1)C1CNCCO1. The lowest BCUT2D eigenvalue weighted by atomic mass is 10.0. The molecule has 0 amide bonds. The van der Waals surface area contributed by atoms with E-state index in [-0.39, 0.29) is 12.2 Å². The minimum Gasteiger partial charge on any atom is -0.490 e. The third-order valence-electron chi connectivity index (χ3n) is 3.97. The molecule has 2 atom stereocenters. The molecular weight excluding hydrogens is 361 g/mol. The summed E-state index contributed by atoms with van der Waals surface area (Å²) in [5.74, 6) is 1.38. The number of halogens is 2. The lowest BCUT2D eigenvalue weighted by molar-refractivity contribution is -0.0439. The molecule has 1 aliphatic rings. The molecule has 1 fully saturated rings. The van der Waals surface area contributed by atoms with E-state index in [0.717, 1.165) is 12.1 Å². The molecule has 1 aliphatic heterocycles. The van der Waals surface area contributed by atoms with Gasteiger partial charge in [-0.2, -0.15) is 0 Å². The van der Waals surface area contributed by atoms with Crippen molar-refractivity contribution in [3.05, 3.63) is 58.1 Å². The van der Waals surface area contributed by atoms with Gasteiger partial charge in [0.25, 0.3) is 0 Å². The van der Waals surface area contributed by atoms with E-state index in [1.54, 1.807) is 6.07 Å². The van der Waals surface area contributed by atoms with Crippen LogP contribution in [0.2, 0.25) is 10.0 Å². The van der Waals surface area contributed by atoms with Crippen molar-refractivity contribution in [2.45, 2.75) is 19.1 Å². The predicted octanol–water partition coefficient (Wildman–Crippen LogP) is 4.50. The van der Waals surface area contributed by atoms with Gasteiger partial charge >= 0.3 is 0 Å². The van der Waals surface area contributed by atoms with Crippen molar-refractivity contribution in [1.82, 2.24) is 5.32 Å². The summed E-state index contributed by atoms with van der Waals surface area (Å²) in [6, 6.07) is 13.2. The highest BCUT2D eigenvalue weighted by Gasteiger charge is 2.29. The molecule has 0 aliphatic carbocycles. The van der Waals surface area contributed by atoms with E-state index in [9.17, 15) is 0 Å². The Hall–Kier alpha value is -1.46. The molecule has 1 heterocycles. The summed E-state index contributed by atoms with van der Waals surface area (Å²) in [7, 11) is 0. The Kier molecular flexibility index (Phi) is 6.43. The zero-order chi connectivity index (χ0) is 17.6. The second-order valence-electron chi connectivity index (χ2n) is 5.71. The zero-order valence-corrected chi connectivity index (χ0v) is 15.5. The molecule has 0 saturated carbocycles. The molecular formula is C19H21Cl2NO3. The van der Waals surface area contributed by atoms with Crippen molar-refractivity contribution in [3.63, 3.8) is 0 Å². The molecule has 25 heavy (non-hydrogen) atoms. The molecule has 2 aromatic carbocycles. The average molecular weight is 382 g/mol. The summed E-state index contributed by atoms with van der Waals surface area (Å²) < 4.78 is 17.9. The maximum absolute atomic E-state index is 6.33. The van der Waals surface area contributed by atoms with Crippen LogP contribution in [0.4, 0.5) is 0 Å². The molecule has 2 aromatic rings. The first kappa shape index (κ1) is 18.3. The zero-order valence-electron chi connectivity index (χ0n) is 14.0. The molecule has 4 nitrogen and oxygen atoms in total. The van der Waals surface area contributed by atoms with E-state index in [2.05, 4.69) is 5.32 Å². The van der Waals surface area contributed by atoms with Crippen LogP contribution in [0, 0.1) is 0 Å². The van der Waals surface area contributed by atoms with Gasteiger partial charge in [-0.15, -0.1) is 0 Å². The molecule has 0 radical (unpaired) electrons. The van der Waals surface area contributed by atoms with Gasteiger partial charge in [-0.05, 0) is 36.8 Å². The minimum atomic E-state index is -0.329. The third kappa shape index (κ3) is 4.59. The van der Waals surface area contributed by atoms with Crippen LogP contribution < -0.4 is 14.8 Å². The largest absolute Gasteiger partial charge is 0.490 e. The molecule has 0 aromatic heterocycles. The maximum Gasteiger partial charge on any atom is 0.162 e. The van der Waals surface area contributed by atoms with Crippen LogP contribution in [0.1, 0.15) is 18.6 Å². The predicted molar refractivity (Wildman–Crippen MR) is 100 cm³/mol. The Morgan fingerprint density at radius 1 is 1.16 bits per heavy atom. The van der Waals surface area contributed by atoms with Crippen LogP contribution in [0.5, 0.6) is 11.5 Å². The van der Waals surface area contributed by atoms with E-state index in [1.165, 1.54) is 0 Å². The van der Waals surface area contributed by atoms with E-state index in [4.69, 9.17) is 37.4 Å². The van der Waals surface area contributed by atoms with Gasteiger partial charge in [0.15, 0.2) is 17.6 Å². The smallest absolute Gasteiger partial charge is 0.162 e. The summed E-state index contributed by atoms with van der Waals surface area (Å²) in [6.07, 6.45) is -0.468. The maximum atomic E-state index is 6.33. The third-order valence-corrected chi connectivity index (χ3v) is 4.71. The second kappa shape index (κ2) is 8.77. The van der Waals surface area contributed by atoms with Gasteiger partial charge in [0, 0.05) is 13.1 Å². The first-order chi connectivity index (χ1) is 12.2. The highest BCUT2D eigenvalue weighted by molar-refractivity contribution is 6.42. The molecule has 6 heteroatoms. The Morgan fingerprint density at radius 2 is 1.96 bits per heavy atom. The quantitative estimate of drug-likeness (QED) is 0.799. The number of hydrogen-bond donors (Lipinski definition) is 1. The van der Waals surface area contributed by atoms with Crippen molar-refractivity contribution in [1.29, 1.82) is 0 Å². The van der Waals surface area contributed by atoms with Crippen LogP contribution >= 0.6 is 23.2 Å². The number of para-hydroxylation sites is 2. The number of hydrogen-bond acceptors (Lipinski definition) is 4. The summed E-state index contributed by atoms with van der Waals surface area (Å²) in [4.78, 5) is 0. The Balaban J connectivity index is 1.92. The fourth-order valence-electron chi connectivity index (χ4n) is 2.79. The minimum absolute atomic E-state index is 0.138. The van der Waals surface area contributed by atoms with Crippen molar-refractivity contribution in [3.8, 4) is 11.5 Å². The van der Waals surface area contributed by atoms with Crippen LogP contribution in [-0.2, 0) is 4.74 Å². The van der Waals surface area contributed by atoms with Gasteiger partial charge < -0.3 is 19.5 Å². The van der Waals surface area contributed by atoms with Gasteiger partial charge in [-0.3, -0.25) is 0 Å². The van der Waals surface area contributed by atoms with E-state index >= 15 is 0 Å². The van der Waals surface area contributed by atoms with E-state index in [1.807, 2.05) is 43.3 Å². The molecule has 2 unspecified atom stereocenters. The van der Waals surface area contributed by atoms with Crippen LogP contribution in [0.25, 0.3) is 0 Å². The number of morpholine rings is 1. The summed E-state index contributed by atoms with van der Waals surface area (Å²) in [5, 5.41) is 4.35. The Bertz CT molecular complexity index is 705. The lowest BCUT2D eigenvalue weighted by Gasteiger charge is -2.32.